The van der Waals surface area contributed by atoms with Crippen molar-refractivity contribution in [2.45, 2.75) is 13.8 Å². The maximum absolute atomic E-state index is 8.59. The molecular weight excluding hydrogens is 232 g/mol. The SMILES string of the molecule is CCN(CC)CCOc1cc(/C(N)=N/O)ccn1. The second-order valence-corrected chi connectivity index (χ2v) is 3.74. The topological polar surface area (TPSA) is 84.0 Å². The fraction of sp³-hybridized carbons (Fsp3) is 0.500. The third-order valence-electron chi connectivity index (χ3n) is 2.69. The lowest BCUT2D eigenvalue weighted by Crippen LogP contribution is -2.28. The van der Waals surface area contributed by atoms with Crippen molar-refractivity contribution in [2.75, 3.05) is 26.2 Å². The number of ether oxygens (including phenoxy) is 1. The van der Waals surface area contributed by atoms with Crippen LogP contribution in [0.15, 0.2) is 23.5 Å². The van der Waals surface area contributed by atoms with E-state index in [0.717, 1.165) is 19.6 Å². The van der Waals surface area contributed by atoms with Crippen molar-refractivity contribution < 1.29 is 9.94 Å². The molecule has 0 aliphatic heterocycles. The maximum atomic E-state index is 8.59. The van der Waals surface area contributed by atoms with E-state index in [1.165, 1.54) is 0 Å². The molecule has 0 amide bonds. The average Bonchev–Trinajstić information content (AvgIpc) is 2.43. The Balaban J connectivity index is 2.52. The van der Waals surface area contributed by atoms with Gasteiger partial charge in [-0.15, -0.1) is 0 Å². The number of rotatable bonds is 7. The molecule has 1 aromatic heterocycles. The standard InChI is InChI=1S/C12H20N4O2/c1-3-16(4-2)7-8-18-11-9-10(5-6-14-11)12(13)15-17/h5-6,9,17H,3-4,7-8H2,1-2H3,(H2,13,15). The van der Waals surface area contributed by atoms with E-state index in [4.69, 9.17) is 15.7 Å². The molecule has 0 aliphatic rings. The number of hydrogen-bond donors (Lipinski definition) is 2. The van der Waals surface area contributed by atoms with Crippen molar-refractivity contribution in [3.8, 4) is 5.88 Å². The fourth-order valence-electron chi connectivity index (χ4n) is 1.52. The Labute approximate surface area is 107 Å². The first-order valence-electron chi connectivity index (χ1n) is 6.00. The zero-order chi connectivity index (χ0) is 13.4. The van der Waals surface area contributed by atoms with Crippen LogP contribution in [-0.4, -0.2) is 47.2 Å². The molecule has 0 unspecified atom stereocenters. The number of likely N-dealkylation sites (N-methyl/N-ethyl adjacent to an activating group) is 1. The van der Waals surface area contributed by atoms with Gasteiger partial charge in [0.05, 0.1) is 0 Å². The molecule has 1 heterocycles. The summed E-state index contributed by atoms with van der Waals surface area (Å²) in [7, 11) is 0. The van der Waals surface area contributed by atoms with E-state index in [0.29, 0.717) is 18.1 Å². The van der Waals surface area contributed by atoms with Crippen molar-refractivity contribution in [3.05, 3.63) is 23.9 Å². The smallest absolute Gasteiger partial charge is 0.213 e. The van der Waals surface area contributed by atoms with Crippen molar-refractivity contribution in [3.63, 3.8) is 0 Å². The monoisotopic (exact) mass is 252 g/mol. The molecule has 0 aromatic carbocycles. The Kier molecular flexibility index (Phi) is 5.93. The van der Waals surface area contributed by atoms with E-state index in [1.54, 1.807) is 18.3 Å². The van der Waals surface area contributed by atoms with Crippen LogP contribution in [0.4, 0.5) is 0 Å². The number of aromatic nitrogens is 1. The zero-order valence-electron chi connectivity index (χ0n) is 10.8. The van der Waals surface area contributed by atoms with Crippen LogP contribution < -0.4 is 10.5 Å². The summed E-state index contributed by atoms with van der Waals surface area (Å²) in [6.07, 6.45) is 1.57. The first-order valence-corrected chi connectivity index (χ1v) is 6.00. The van der Waals surface area contributed by atoms with Crippen molar-refractivity contribution in [1.29, 1.82) is 0 Å². The Morgan fingerprint density at radius 3 is 2.83 bits per heavy atom. The summed E-state index contributed by atoms with van der Waals surface area (Å²) in [6.45, 7) is 7.63. The molecule has 18 heavy (non-hydrogen) atoms. The van der Waals surface area contributed by atoms with Crippen LogP contribution in [-0.2, 0) is 0 Å². The van der Waals surface area contributed by atoms with Crippen molar-refractivity contribution in [1.82, 2.24) is 9.88 Å². The highest BCUT2D eigenvalue weighted by molar-refractivity contribution is 5.97. The number of oxime groups is 1. The molecule has 0 bridgehead atoms. The molecule has 0 atom stereocenters. The van der Waals surface area contributed by atoms with Gasteiger partial charge in [0, 0.05) is 24.4 Å². The Hall–Kier alpha value is -1.82. The third-order valence-corrected chi connectivity index (χ3v) is 2.69. The van der Waals surface area contributed by atoms with Crippen LogP contribution in [0.1, 0.15) is 19.4 Å². The largest absolute Gasteiger partial charge is 0.476 e. The lowest BCUT2D eigenvalue weighted by molar-refractivity contribution is 0.218. The van der Waals surface area contributed by atoms with Crippen LogP contribution in [0.5, 0.6) is 5.88 Å². The van der Waals surface area contributed by atoms with Gasteiger partial charge in [0.15, 0.2) is 5.84 Å². The number of hydrogen-bond acceptors (Lipinski definition) is 5. The van der Waals surface area contributed by atoms with Crippen LogP contribution in [0.25, 0.3) is 0 Å². The third kappa shape index (κ3) is 4.21. The fourth-order valence-corrected chi connectivity index (χ4v) is 1.52. The molecule has 0 spiro atoms. The molecule has 6 heteroatoms. The number of nitrogens with two attached hydrogens (primary N) is 1. The molecule has 6 nitrogen and oxygen atoms in total. The van der Waals surface area contributed by atoms with Gasteiger partial charge in [0.1, 0.15) is 6.61 Å². The molecule has 1 aromatic rings. The molecular formula is C12H20N4O2. The first kappa shape index (κ1) is 14.2. The van der Waals surface area contributed by atoms with E-state index in [9.17, 15) is 0 Å². The van der Waals surface area contributed by atoms with E-state index in [2.05, 4.69) is 28.9 Å². The zero-order valence-corrected chi connectivity index (χ0v) is 10.8. The minimum atomic E-state index is 0.0472. The minimum Gasteiger partial charge on any atom is -0.476 e. The normalized spacial score (nSPS) is 11.8. The number of nitrogens with zero attached hydrogens (tertiary/aromatic N) is 3. The Morgan fingerprint density at radius 2 is 2.22 bits per heavy atom. The highest BCUT2D eigenvalue weighted by atomic mass is 16.5. The summed E-state index contributed by atoms with van der Waals surface area (Å²) in [5, 5.41) is 11.5. The molecule has 0 fully saturated rings. The predicted molar refractivity (Wildman–Crippen MR) is 70.0 cm³/mol. The van der Waals surface area contributed by atoms with Gasteiger partial charge in [-0.2, -0.15) is 0 Å². The van der Waals surface area contributed by atoms with Gasteiger partial charge < -0.3 is 20.6 Å². The molecule has 1 rings (SSSR count). The van der Waals surface area contributed by atoms with Crippen LogP contribution in [0.2, 0.25) is 0 Å². The number of pyridine rings is 1. The highest BCUT2D eigenvalue weighted by Gasteiger charge is 2.03. The lowest BCUT2D eigenvalue weighted by atomic mass is 10.2. The average molecular weight is 252 g/mol. The summed E-state index contributed by atoms with van der Waals surface area (Å²) in [5.74, 6) is 0.525. The minimum absolute atomic E-state index is 0.0472. The molecule has 3 N–H and O–H groups in total. The molecule has 0 saturated carbocycles. The maximum Gasteiger partial charge on any atom is 0.213 e. The van der Waals surface area contributed by atoms with Gasteiger partial charge in [-0.25, -0.2) is 4.98 Å². The van der Waals surface area contributed by atoms with Crippen LogP contribution in [0.3, 0.4) is 0 Å². The van der Waals surface area contributed by atoms with E-state index >= 15 is 0 Å². The Morgan fingerprint density at radius 1 is 1.50 bits per heavy atom. The van der Waals surface area contributed by atoms with Crippen molar-refractivity contribution >= 4 is 5.84 Å². The first-order chi connectivity index (χ1) is 8.71. The molecule has 100 valence electrons. The molecule has 0 saturated heterocycles. The van der Waals surface area contributed by atoms with Gasteiger partial charge >= 0.3 is 0 Å². The lowest BCUT2D eigenvalue weighted by Gasteiger charge is -2.17. The van der Waals surface area contributed by atoms with Gasteiger partial charge in [0.25, 0.3) is 0 Å². The predicted octanol–water partition coefficient (Wildman–Crippen LogP) is 0.897. The second-order valence-electron chi connectivity index (χ2n) is 3.74. The highest BCUT2D eigenvalue weighted by Crippen LogP contribution is 2.09. The summed E-state index contributed by atoms with van der Waals surface area (Å²) in [6, 6.07) is 3.31. The van der Waals surface area contributed by atoms with E-state index < -0.39 is 0 Å². The van der Waals surface area contributed by atoms with E-state index in [1.807, 2.05) is 0 Å². The summed E-state index contributed by atoms with van der Waals surface area (Å²) in [4.78, 5) is 6.33. The second kappa shape index (κ2) is 7.50. The summed E-state index contributed by atoms with van der Waals surface area (Å²) < 4.78 is 5.53. The summed E-state index contributed by atoms with van der Waals surface area (Å²) in [5.41, 5.74) is 6.08. The molecule has 0 radical (unpaired) electrons. The Bertz CT molecular complexity index is 391. The van der Waals surface area contributed by atoms with E-state index in [-0.39, 0.29) is 5.84 Å². The number of amidine groups is 1. The van der Waals surface area contributed by atoms with Gasteiger partial charge in [-0.05, 0) is 19.2 Å². The van der Waals surface area contributed by atoms with Crippen molar-refractivity contribution in [2.24, 2.45) is 10.9 Å². The van der Waals surface area contributed by atoms with Gasteiger partial charge in [-0.1, -0.05) is 19.0 Å². The molecule has 0 aliphatic carbocycles. The summed E-state index contributed by atoms with van der Waals surface area (Å²) >= 11 is 0. The van der Waals surface area contributed by atoms with Gasteiger partial charge in [0.2, 0.25) is 5.88 Å². The van der Waals surface area contributed by atoms with Gasteiger partial charge in [-0.3, -0.25) is 0 Å². The van der Waals surface area contributed by atoms with Crippen LogP contribution in [0, 0.1) is 0 Å². The quantitative estimate of drug-likeness (QED) is 0.326. The van der Waals surface area contributed by atoms with Crippen LogP contribution >= 0.6 is 0 Å².